The largest absolute Gasteiger partial charge is 0.492 e. The average molecular weight is 422 g/mol. The first kappa shape index (κ1) is 24.0. The summed E-state index contributed by atoms with van der Waals surface area (Å²) in [6.07, 6.45) is -3.80. The van der Waals surface area contributed by atoms with E-state index in [0.717, 1.165) is 31.5 Å². The lowest BCUT2D eigenvalue weighted by atomic mass is 10.1. The third-order valence-electron chi connectivity index (χ3n) is 3.77. The van der Waals surface area contributed by atoms with Crippen LogP contribution >= 0.6 is 0 Å². The number of ether oxygens (including phenoxy) is 2. The predicted molar refractivity (Wildman–Crippen MR) is 92.3 cm³/mol. The second-order valence-electron chi connectivity index (χ2n) is 5.99. The molecule has 1 aromatic rings. The number of carbonyl (C=O) groups excluding carboxylic acids is 1. The molecule has 2 rings (SSSR count). The number of alkyl halides is 3. The summed E-state index contributed by atoms with van der Waals surface area (Å²) in [6.45, 7) is 2.17. The molecule has 0 radical (unpaired) electrons. The molecule has 9 nitrogen and oxygen atoms in total. The number of aliphatic carboxylic acids is 2. The molecule has 1 fully saturated rings. The SMILES string of the molecule is NC(=O)OC1CCCN(CCOc2cccc(C(F)(F)F)c2)C1.O=C(O)C(=O)O. The number of carboxylic acid groups (broad SMARTS) is 2. The molecule has 1 unspecified atom stereocenters. The molecule has 0 saturated carbocycles. The monoisotopic (exact) mass is 422 g/mol. The lowest BCUT2D eigenvalue weighted by Crippen LogP contribution is -2.42. The van der Waals surface area contributed by atoms with Crippen LogP contribution in [-0.2, 0) is 20.5 Å². The van der Waals surface area contributed by atoms with Crippen molar-refractivity contribution in [2.75, 3.05) is 26.2 Å². The molecule has 1 atom stereocenters. The van der Waals surface area contributed by atoms with Crippen LogP contribution in [0, 0.1) is 0 Å². The molecule has 0 aliphatic carbocycles. The normalized spacial score (nSPS) is 16.9. The lowest BCUT2D eigenvalue weighted by molar-refractivity contribution is -0.159. The van der Waals surface area contributed by atoms with E-state index in [1.807, 2.05) is 4.90 Å². The Morgan fingerprint density at radius 2 is 1.86 bits per heavy atom. The van der Waals surface area contributed by atoms with Crippen molar-refractivity contribution in [1.29, 1.82) is 0 Å². The number of benzene rings is 1. The van der Waals surface area contributed by atoms with Crippen molar-refractivity contribution >= 4 is 18.0 Å². The minimum absolute atomic E-state index is 0.182. The topological polar surface area (TPSA) is 139 Å². The maximum absolute atomic E-state index is 12.6. The Morgan fingerprint density at radius 3 is 2.41 bits per heavy atom. The first-order valence-electron chi connectivity index (χ1n) is 8.43. The number of carboxylic acids is 2. The Morgan fingerprint density at radius 1 is 1.21 bits per heavy atom. The van der Waals surface area contributed by atoms with E-state index in [9.17, 15) is 18.0 Å². The fourth-order valence-corrected chi connectivity index (χ4v) is 2.53. The Balaban J connectivity index is 0.000000612. The highest BCUT2D eigenvalue weighted by molar-refractivity contribution is 6.27. The van der Waals surface area contributed by atoms with Crippen LogP contribution in [0.5, 0.6) is 5.75 Å². The van der Waals surface area contributed by atoms with Crippen LogP contribution in [0.25, 0.3) is 0 Å². The van der Waals surface area contributed by atoms with Crippen molar-refractivity contribution in [1.82, 2.24) is 4.90 Å². The summed E-state index contributed by atoms with van der Waals surface area (Å²) >= 11 is 0. The number of hydrogen-bond acceptors (Lipinski definition) is 6. The van der Waals surface area contributed by atoms with Crippen LogP contribution in [0.15, 0.2) is 24.3 Å². The number of likely N-dealkylation sites (tertiary alicyclic amines) is 1. The van der Waals surface area contributed by atoms with Gasteiger partial charge in [-0.15, -0.1) is 0 Å². The minimum atomic E-state index is -4.38. The molecule has 0 bridgehead atoms. The molecular weight excluding hydrogens is 401 g/mol. The number of nitrogens with two attached hydrogens (primary N) is 1. The number of halogens is 3. The Hall–Kier alpha value is -3.02. The van der Waals surface area contributed by atoms with Gasteiger partial charge in [-0.05, 0) is 37.6 Å². The van der Waals surface area contributed by atoms with Gasteiger partial charge in [0.05, 0.1) is 5.56 Å². The van der Waals surface area contributed by atoms with E-state index >= 15 is 0 Å². The molecule has 162 valence electrons. The van der Waals surface area contributed by atoms with Crippen molar-refractivity contribution < 1.29 is 47.2 Å². The highest BCUT2D eigenvalue weighted by Crippen LogP contribution is 2.31. The van der Waals surface area contributed by atoms with Crippen LogP contribution in [0.4, 0.5) is 18.0 Å². The Bertz CT molecular complexity index is 701. The second-order valence-corrected chi connectivity index (χ2v) is 5.99. The predicted octanol–water partition coefficient (Wildman–Crippen LogP) is 1.80. The number of nitrogens with zero attached hydrogens (tertiary/aromatic N) is 1. The highest BCUT2D eigenvalue weighted by atomic mass is 19.4. The third kappa shape index (κ3) is 9.65. The van der Waals surface area contributed by atoms with Crippen LogP contribution in [0.3, 0.4) is 0 Å². The number of hydrogen-bond donors (Lipinski definition) is 3. The summed E-state index contributed by atoms with van der Waals surface area (Å²) in [6, 6.07) is 4.79. The summed E-state index contributed by atoms with van der Waals surface area (Å²) in [7, 11) is 0. The van der Waals surface area contributed by atoms with Gasteiger partial charge in [0.15, 0.2) is 0 Å². The van der Waals surface area contributed by atoms with E-state index in [2.05, 4.69) is 0 Å². The fraction of sp³-hybridized carbons (Fsp3) is 0.471. The van der Waals surface area contributed by atoms with Crippen molar-refractivity contribution in [3.8, 4) is 5.75 Å². The molecule has 0 spiro atoms. The van der Waals surface area contributed by atoms with E-state index < -0.39 is 29.8 Å². The Labute approximate surface area is 163 Å². The van der Waals surface area contributed by atoms with Crippen molar-refractivity contribution in [2.45, 2.75) is 25.1 Å². The van der Waals surface area contributed by atoms with E-state index in [-0.39, 0.29) is 18.5 Å². The van der Waals surface area contributed by atoms with Gasteiger partial charge in [0.25, 0.3) is 0 Å². The maximum atomic E-state index is 12.6. The van der Waals surface area contributed by atoms with Gasteiger partial charge in [-0.2, -0.15) is 13.2 Å². The molecule has 12 heteroatoms. The van der Waals surface area contributed by atoms with Gasteiger partial charge in [-0.1, -0.05) is 6.07 Å². The second kappa shape index (κ2) is 11.1. The van der Waals surface area contributed by atoms with Crippen molar-refractivity contribution in [3.63, 3.8) is 0 Å². The average Bonchev–Trinajstić information content (AvgIpc) is 2.61. The number of carbonyl (C=O) groups is 3. The van der Waals surface area contributed by atoms with Gasteiger partial charge in [0, 0.05) is 13.1 Å². The quantitative estimate of drug-likeness (QED) is 0.611. The Kier molecular flexibility index (Phi) is 9.19. The van der Waals surface area contributed by atoms with E-state index in [1.165, 1.54) is 12.1 Å². The molecule has 1 amide bonds. The molecule has 1 heterocycles. The van der Waals surface area contributed by atoms with Gasteiger partial charge in [0.2, 0.25) is 0 Å². The van der Waals surface area contributed by atoms with Crippen molar-refractivity contribution in [3.05, 3.63) is 29.8 Å². The molecule has 1 saturated heterocycles. The smallest absolute Gasteiger partial charge is 0.416 e. The zero-order valence-corrected chi connectivity index (χ0v) is 15.2. The lowest BCUT2D eigenvalue weighted by Gasteiger charge is -2.31. The zero-order valence-electron chi connectivity index (χ0n) is 15.2. The molecule has 1 aliphatic heterocycles. The van der Waals surface area contributed by atoms with Gasteiger partial charge >= 0.3 is 24.2 Å². The third-order valence-corrected chi connectivity index (χ3v) is 3.77. The summed E-state index contributed by atoms with van der Waals surface area (Å²) in [5.41, 5.74) is 4.26. The fourth-order valence-electron chi connectivity index (χ4n) is 2.53. The molecule has 29 heavy (non-hydrogen) atoms. The van der Waals surface area contributed by atoms with Crippen molar-refractivity contribution in [2.24, 2.45) is 5.73 Å². The van der Waals surface area contributed by atoms with Gasteiger partial charge in [0.1, 0.15) is 18.5 Å². The maximum Gasteiger partial charge on any atom is 0.416 e. The number of primary amides is 1. The number of rotatable bonds is 5. The van der Waals surface area contributed by atoms with E-state index in [0.29, 0.717) is 13.1 Å². The molecule has 0 aromatic heterocycles. The summed E-state index contributed by atoms with van der Waals surface area (Å²) in [4.78, 5) is 31.0. The summed E-state index contributed by atoms with van der Waals surface area (Å²) in [5, 5.41) is 14.8. The summed E-state index contributed by atoms with van der Waals surface area (Å²) < 4.78 is 48.2. The van der Waals surface area contributed by atoms with Gasteiger partial charge < -0.3 is 25.4 Å². The number of piperidine rings is 1. The molecule has 1 aliphatic rings. The van der Waals surface area contributed by atoms with Gasteiger partial charge in [-0.25, -0.2) is 14.4 Å². The van der Waals surface area contributed by atoms with Crippen LogP contribution in [-0.4, -0.2) is 65.5 Å². The first-order chi connectivity index (χ1) is 13.5. The van der Waals surface area contributed by atoms with Crippen LogP contribution in [0.1, 0.15) is 18.4 Å². The molecule has 4 N–H and O–H groups in total. The van der Waals surface area contributed by atoms with E-state index in [4.69, 9.17) is 35.0 Å². The standard InChI is InChI=1S/C15H19F3N2O3.C2H2O4/c16-15(17,18)11-3-1-4-12(9-11)22-8-7-20-6-2-5-13(10-20)23-14(19)21;3-1(4)2(5)6/h1,3-4,9,13H,2,5-8,10H2,(H2,19,21);(H,3,4)(H,5,6). The summed E-state index contributed by atoms with van der Waals surface area (Å²) in [5.74, 6) is -3.47. The highest BCUT2D eigenvalue weighted by Gasteiger charge is 2.30. The molecular formula is C17H21F3N2O7. The van der Waals surface area contributed by atoms with E-state index in [1.54, 1.807) is 0 Å². The molecule has 1 aromatic carbocycles. The van der Waals surface area contributed by atoms with Crippen LogP contribution < -0.4 is 10.5 Å². The van der Waals surface area contributed by atoms with Gasteiger partial charge in [-0.3, -0.25) is 4.90 Å². The zero-order chi connectivity index (χ0) is 22.0. The minimum Gasteiger partial charge on any atom is -0.492 e. The van der Waals surface area contributed by atoms with Crippen LogP contribution in [0.2, 0.25) is 0 Å². The number of amides is 1. The first-order valence-corrected chi connectivity index (χ1v) is 8.43.